The zero-order valence-electron chi connectivity index (χ0n) is 13.8. The molecule has 1 heterocycles. The quantitative estimate of drug-likeness (QED) is 0.766. The topological polar surface area (TPSA) is 49.3 Å². The maximum absolute atomic E-state index is 11.8. The van der Waals surface area contributed by atoms with Crippen LogP contribution >= 0.6 is 11.6 Å². The third-order valence-corrected chi connectivity index (χ3v) is 6.79. The fraction of sp³-hybridized carbons (Fsp3) is 0.381. The van der Waals surface area contributed by atoms with Gasteiger partial charge in [-0.2, -0.15) is 0 Å². The van der Waals surface area contributed by atoms with E-state index in [4.69, 9.17) is 11.6 Å². The first-order valence-corrected chi connectivity index (χ1v) is 9.39. The second kappa shape index (κ2) is 5.50. The van der Waals surface area contributed by atoms with Crippen LogP contribution in [0.2, 0.25) is 5.02 Å². The summed E-state index contributed by atoms with van der Waals surface area (Å²) in [7, 11) is 0. The lowest BCUT2D eigenvalue weighted by molar-refractivity contribution is 0.0697. The van der Waals surface area contributed by atoms with Gasteiger partial charge in [-0.15, -0.1) is 0 Å². The lowest BCUT2D eigenvalue weighted by atomic mass is 9.67. The number of carboxylic acids is 1. The van der Waals surface area contributed by atoms with Crippen LogP contribution in [0, 0.1) is 17.8 Å². The first-order valence-electron chi connectivity index (χ1n) is 9.01. The van der Waals surface area contributed by atoms with E-state index in [1.807, 2.05) is 24.3 Å². The number of para-hydroxylation sites is 1. The average Bonchev–Trinajstić information content (AvgIpc) is 3.22. The lowest BCUT2D eigenvalue weighted by Gasteiger charge is -2.44. The molecule has 0 radical (unpaired) electrons. The molecule has 5 rings (SSSR count). The van der Waals surface area contributed by atoms with Crippen LogP contribution in [0.15, 0.2) is 42.5 Å². The van der Waals surface area contributed by atoms with Crippen molar-refractivity contribution in [3.8, 4) is 0 Å². The third kappa shape index (κ3) is 2.22. The summed E-state index contributed by atoms with van der Waals surface area (Å²) in [5.74, 6) is 1.51. The van der Waals surface area contributed by atoms with Crippen molar-refractivity contribution in [3.05, 3.63) is 64.2 Å². The van der Waals surface area contributed by atoms with Crippen LogP contribution in [0.1, 0.15) is 52.7 Å². The largest absolute Gasteiger partial charge is 0.478 e. The van der Waals surface area contributed by atoms with Gasteiger partial charge in [0.1, 0.15) is 0 Å². The molecule has 0 spiro atoms. The molecule has 2 fully saturated rings. The summed E-state index contributed by atoms with van der Waals surface area (Å²) in [6, 6.07) is 13.9. The van der Waals surface area contributed by atoms with Gasteiger partial charge in [-0.25, -0.2) is 4.79 Å². The van der Waals surface area contributed by atoms with E-state index < -0.39 is 5.97 Å². The maximum atomic E-state index is 11.8. The zero-order chi connectivity index (χ0) is 17.1. The summed E-state index contributed by atoms with van der Waals surface area (Å²) in [6.07, 6.45) is 3.83. The Morgan fingerprint density at radius 3 is 2.72 bits per heavy atom. The highest BCUT2D eigenvalue weighted by molar-refractivity contribution is 6.30. The predicted octanol–water partition coefficient (Wildman–Crippen LogP) is 5.33. The van der Waals surface area contributed by atoms with Crippen molar-refractivity contribution in [1.29, 1.82) is 0 Å². The van der Waals surface area contributed by atoms with E-state index >= 15 is 0 Å². The Morgan fingerprint density at radius 1 is 1.12 bits per heavy atom. The van der Waals surface area contributed by atoms with E-state index in [1.54, 1.807) is 6.07 Å². The van der Waals surface area contributed by atoms with Crippen molar-refractivity contribution in [2.24, 2.45) is 17.8 Å². The number of hydrogen-bond acceptors (Lipinski definition) is 2. The number of nitrogens with one attached hydrogen (secondary N) is 1. The van der Waals surface area contributed by atoms with Gasteiger partial charge in [-0.1, -0.05) is 35.9 Å². The Hall–Kier alpha value is -2.00. The molecular formula is C21H20ClNO2. The van der Waals surface area contributed by atoms with Gasteiger partial charge in [0.2, 0.25) is 0 Å². The molecule has 2 bridgehead atoms. The Bertz CT molecular complexity index is 865. The molecule has 1 aliphatic heterocycles. The van der Waals surface area contributed by atoms with Crippen LogP contribution in [-0.4, -0.2) is 11.1 Å². The van der Waals surface area contributed by atoms with E-state index in [-0.39, 0.29) is 6.04 Å². The fourth-order valence-electron chi connectivity index (χ4n) is 5.72. The summed E-state index contributed by atoms with van der Waals surface area (Å²) in [5.41, 5.74) is 3.57. The Morgan fingerprint density at radius 2 is 1.92 bits per heavy atom. The normalized spacial score (nSPS) is 32.0. The number of rotatable bonds is 2. The van der Waals surface area contributed by atoms with Gasteiger partial charge in [0.15, 0.2) is 0 Å². The van der Waals surface area contributed by atoms with Crippen LogP contribution < -0.4 is 5.32 Å². The second-order valence-corrected chi connectivity index (χ2v) is 8.12. The molecule has 2 saturated carbocycles. The number of aromatic carboxylic acids is 1. The van der Waals surface area contributed by atoms with E-state index in [0.717, 1.165) is 10.7 Å². The average molecular weight is 354 g/mol. The maximum Gasteiger partial charge on any atom is 0.337 e. The van der Waals surface area contributed by atoms with Crippen molar-refractivity contribution < 1.29 is 9.90 Å². The number of carbonyl (C=O) groups is 1. The second-order valence-electron chi connectivity index (χ2n) is 7.69. The van der Waals surface area contributed by atoms with Gasteiger partial charge in [0.05, 0.1) is 17.3 Å². The number of carboxylic acid groups (broad SMARTS) is 1. The molecule has 4 heteroatoms. The van der Waals surface area contributed by atoms with Crippen molar-refractivity contribution in [3.63, 3.8) is 0 Å². The van der Waals surface area contributed by atoms with Gasteiger partial charge in [0, 0.05) is 5.02 Å². The van der Waals surface area contributed by atoms with Gasteiger partial charge >= 0.3 is 5.97 Å². The molecule has 0 saturated heterocycles. The number of benzene rings is 2. The van der Waals surface area contributed by atoms with Crippen molar-refractivity contribution >= 4 is 23.3 Å². The summed E-state index contributed by atoms with van der Waals surface area (Å²) in [6.45, 7) is 0. The highest BCUT2D eigenvalue weighted by atomic mass is 35.5. The Kier molecular flexibility index (Phi) is 3.36. The number of hydrogen-bond donors (Lipinski definition) is 2. The van der Waals surface area contributed by atoms with Gasteiger partial charge in [0.25, 0.3) is 0 Å². The molecule has 0 amide bonds. The number of halogens is 1. The summed E-state index contributed by atoms with van der Waals surface area (Å²) >= 11 is 6.25. The molecule has 3 nitrogen and oxygen atoms in total. The van der Waals surface area contributed by atoms with Crippen molar-refractivity contribution in [1.82, 2.24) is 0 Å². The molecule has 2 aliphatic carbocycles. The minimum atomic E-state index is -0.865. The summed E-state index contributed by atoms with van der Waals surface area (Å²) in [5, 5.41) is 14.0. The zero-order valence-corrected chi connectivity index (χ0v) is 14.5. The highest BCUT2D eigenvalue weighted by Gasteiger charge is 2.54. The van der Waals surface area contributed by atoms with E-state index in [9.17, 15) is 9.90 Å². The summed E-state index contributed by atoms with van der Waals surface area (Å²) in [4.78, 5) is 11.8. The van der Waals surface area contributed by atoms with E-state index in [2.05, 4.69) is 17.4 Å². The van der Waals surface area contributed by atoms with Gasteiger partial charge in [-0.05, 0) is 72.3 Å². The van der Waals surface area contributed by atoms with Crippen molar-refractivity contribution in [2.45, 2.75) is 31.2 Å². The molecular weight excluding hydrogens is 334 g/mol. The number of fused-ring (bicyclic) bond motifs is 7. The van der Waals surface area contributed by atoms with Crippen LogP contribution in [0.3, 0.4) is 0 Å². The first-order chi connectivity index (χ1) is 12.1. The lowest BCUT2D eigenvalue weighted by Crippen LogP contribution is -2.36. The molecule has 0 unspecified atom stereocenters. The van der Waals surface area contributed by atoms with Crippen LogP contribution in [0.25, 0.3) is 0 Å². The van der Waals surface area contributed by atoms with Gasteiger partial charge < -0.3 is 10.4 Å². The fourth-order valence-corrected chi connectivity index (χ4v) is 5.92. The molecule has 25 heavy (non-hydrogen) atoms. The summed E-state index contributed by atoms with van der Waals surface area (Å²) < 4.78 is 0. The standard InChI is InChI=1S/C21H20ClNO2/c22-14-4-1-3-13(10-14)19-18-12-8-7-11(9-12)17(18)15-5-2-6-16(21(24)25)20(15)23-19/h1-6,10-12,17-19,23H,7-9H2,(H,24,25)/t11-,12-,17+,18+,19+/m0/s1. The first kappa shape index (κ1) is 15.3. The van der Waals surface area contributed by atoms with E-state index in [1.165, 1.54) is 30.4 Å². The third-order valence-electron chi connectivity index (χ3n) is 6.56. The molecule has 5 atom stereocenters. The highest BCUT2D eigenvalue weighted by Crippen LogP contribution is 2.64. The van der Waals surface area contributed by atoms with Crippen molar-refractivity contribution in [2.75, 3.05) is 5.32 Å². The Labute approximate surface area is 152 Å². The Balaban J connectivity index is 1.68. The van der Waals surface area contributed by atoms with Crippen LogP contribution in [0.4, 0.5) is 5.69 Å². The van der Waals surface area contributed by atoms with E-state index in [0.29, 0.717) is 29.2 Å². The minimum absolute atomic E-state index is 0.131. The molecule has 2 aromatic carbocycles. The van der Waals surface area contributed by atoms with Crippen LogP contribution in [-0.2, 0) is 0 Å². The molecule has 2 aromatic rings. The van der Waals surface area contributed by atoms with Gasteiger partial charge in [-0.3, -0.25) is 0 Å². The molecule has 128 valence electrons. The smallest absolute Gasteiger partial charge is 0.337 e. The molecule has 2 N–H and O–H groups in total. The molecule has 3 aliphatic rings. The SMILES string of the molecule is O=C(O)c1cccc2c1N[C@H](c1cccc(Cl)c1)[C@@H]1[C@H]3CC[C@@H](C3)[C@H]21. The van der Waals surface area contributed by atoms with Crippen LogP contribution in [0.5, 0.6) is 0 Å². The number of anilines is 1. The monoisotopic (exact) mass is 353 g/mol. The minimum Gasteiger partial charge on any atom is -0.478 e. The molecule has 0 aromatic heterocycles. The predicted molar refractivity (Wildman–Crippen MR) is 98.3 cm³/mol.